The molecular weight excluding hydrogens is 293 g/mol. The fourth-order valence-electron chi connectivity index (χ4n) is 2.48. The summed E-state index contributed by atoms with van der Waals surface area (Å²) in [4.78, 5) is 0. The molecule has 2 atom stereocenters. The summed E-state index contributed by atoms with van der Waals surface area (Å²) in [6.07, 6.45) is 2.06. The Balaban J connectivity index is 2.90. The van der Waals surface area contributed by atoms with E-state index in [1.54, 1.807) is 7.11 Å². The Morgan fingerprint density at radius 2 is 1.95 bits per heavy atom. The van der Waals surface area contributed by atoms with Crippen molar-refractivity contribution in [3.8, 4) is 0 Å². The number of ether oxygens (including phenoxy) is 1. The van der Waals surface area contributed by atoms with Gasteiger partial charge in [0.05, 0.1) is 16.1 Å². The van der Waals surface area contributed by atoms with Gasteiger partial charge in [0.25, 0.3) is 0 Å². The van der Waals surface area contributed by atoms with Crippen LogP contribution >= 0.6 is 23.2 Å². The van der Waals surface area contributed by atoms with E-state index in [0.717, 1.165) is 24.9 Å². The number of halogens is 2. The molecule has 1 rings (SSSR count). The quantitative estimate of drug-likeness (QED) is 0.758. The van der Waals surface area contributed by atoms with Crippen molar-refractivity contribution in [3.63, 3.8) is 0 Å². The first-order valence-corrected chi connectivity index (χ1v) is 7.95. The van der Waals surface area contributed by atoms with E-state index in [9.17, 15) is 0 Å². The molecule has 0 fully saturated rings. The molecule has 4 heteroatoms. The predicted octanol–water partition coefficient (Wildman–Crippen LogP) is 4.58. The van der Waals surface area contributed by atoms with Gasteiger partial charge in [-0.05, 0) is 36.9 Å². The van der Waals surface area contributed by atoms with Crippen molar-refractivity contribution in [2.45, 2.75) is 45.8 Å². The summed E-state index contributed by atoms with van der Waals surface area (Å²) >= 11 is 12.4. The second-order valence-electron chi connectivity index (χ2n) is 5.42. The fourth-order valence-corrected chi connectivity index (χ4v) is 2.88. The molecule has 0 saturated carbocycles. The number of hydrogen-bond donors (Lipinski definition) is 1. The van der Waals surface area contributed by atoms with Crippen LogP contribution in [0.25, 0.3) is 0 Å². The summed E-state index contributed by atoms with van der Waals surface area (Å²) in [5, 5.41) is 4.83. The van der Waals surface area contributed by atoms with Gasteiger partial charge in [-0.25, -0.2) is 0 Å². The van der Waals surface area contributed by atoms with E-state index >= 15 is 0 Å². The molecule has 20 heavy (non-hydrogen) atoms. The highest BCUT2D eigenvalue weighted by molar-refractivity contribution is 6.42. The van der Waals surface area contributed by atoms with Crippen LogP contribution in [0.3, 0.4) is 0 Å². The van der Waals surface area contributed by atoms with E-state index in [4.69, 9.17) is 27.9 Å². The van der Waals surface area contributed by atoms with Crippen LogP contribution < -0.4 is 5.32 Å². The normalized spacial score (nSPS) is 14.6. The first-order valence-electron chi connectivity index (χ1n) is 7.20. The standard InChI is InChI=1S/C16H25Cl2NO/c1-5-9-19-14(16(20-4)11(2)3)10-12-7-6-8-13(17)15(12)18/h6-8,11,14,16,19H,5,9-10H2,1-4H3. The van der Waals surface area contributed by atoms with Crippen LogP contribution in [-0.4, -0.2) is 25.8 Å². The zero-order valence-electron chi connectivity index (χ0n) is 12.7. The summed E-state index contributed by atoms with van der Waals surface area (Å²) < 4.78 is 5.67. The van der Waals surface area contributed by atoms with Crippen LogP contribution in [0.1, 0.15) is 32.8 Å². The Kier molecular flexibility index (Phi) is 7.90. The van der Waals surface area contributed by atoms with E-state index in [-0.39, 0.29) is 12.1 Å². The molecule has 1 aromatic rings. The molecule has 0 bridgehead atoms. The maximum absolute atomic E-state index is 6.30. The van der Waals surface area contributed by atoms with Crippen LogP contribution in [-0.2, 0) is 11.2 Å². The predicted molar refractivity (Wildman–Crippen MR) is 87.9 cm³/mol. The molecular formula is C16H25Cl2NO. The number of methoxy groups -OCH3 is 1. The van der Waals surface area contributed by atoms with Crippen LogP contribution in [0.4, 0.5) is 0 Å². The number of benzene rings is 1. The molecule has 0 aliphatic carbocycles. The van der Waals surface area contributed by atoms with Crippen LogP contribution in [0.5, 0.6) is 0 Å². The maximum atomic E-state index is 6.30. The summed E-state index contributed by atoms with van der Waals surface area (Å²) in [6, 6.07) is 6.02. The molecule has 2 nitrogen and oxygen atoms in total. The van der Waals surface area contributed by atoms with E-state index in [0.29, 0.717) is 16.0 Å². The zero-order valence-corrected chi connectivity index (χ0v) is 14.3. The van der Waals surface area contributed by atoms with Gasteiger partial charge in [-0.2, -0.15) is 0 Å². The van der Waals surface area contributed by atoms with E-state index in [2.05, 4.69) is 26.1 Å². The second-order valence-corrected chi connectivity index (χ2v) is 6.21. The van der Waals surface area contributed by atoms with Gasteiger partial charge < -0.3 is 10.1 Å². The van der Waals surface area contributed by atoms with Gasteiger partial charge in [-0.1, -0.05) is 56.1 Å². The van der Waals surface area contributed by atoms with Crippen molar-refractivity contribution in [2.75, 3.05) is 13.7 Å². The van der Waals surface area contributed by atoms with Crippen LogP contribution in [0, 0.1) is 5.92 Å². The van der Waals surface area contributed by atoms with Crippen molar-refractivity contribution in [2.24, 2.45) is 5.92 Å². The molecule has 0 heterocycles. The molecule has 0 aliphatic heterocycles. The lowest BCUT2D eigenvalue weighted by atomic mass is 9.93. The third-order valence-electron chi connectivity index (χ3n) is 3.45. The van der Waals surface area contributed by atoms with Gasteiger partial charge in [-0.3, -0.25) is 0 Å². The van der Waals surface area contributed by atoms with Gasteiger partial charge >= 0.3 is 0 Å². The molecule has 0 spiro atoms. The first-order chi connectivity index (χ1) is 9.51. The Hall–Kier alpha value is -0.280. The second kappa shape index (κ2) is 8.89. The van der Waals surface area contributed by atoms with Gasteiger partial charge in [0.15, 0.2) is 0 Å². The molecule has 0 amide bonds. The molecule has 1 N–H and O–H groups in total. The Bertz CT molecular complexity index is 409. The number of nitrogens with one attached hydrogen (secondary N) is 1. The third-order valence-corrected chi connectivity index (χ3v) is 4.31. The summed E-state index contributed by atoms with van der Waals surface area (Å²) in [5.41, 5.74) is 1.07. The lowest BCUT2D eigenvalue weighted by molar-refractivity contribution is 0.0333. The Morgan fingerprint density at radius 3 is 2.50 bits per heavy atom. The van der Waals surface area contributed by atoms with Gasteiger partial charge in [0, 0.05) is 13.2 Å². The van der Waals surface area contributed by atoms with Crippen molar-refractivity contribution in [3.05, 3.63) is 33.8 Å². The topological polar surface area (TPSA) is 21.3 Å². The molecule has 0 saturated heterocycles. The van der Waals surface area contributed by atoms with Crippen molar-refractivity contribution >= 4 is 23.2 Å². The maximum Gasteiger partial charge on any atom is 0.0750 e. The smallest absolute Gasteiger partial charge is 0.0750 e. The first kappa shape index (κ1) is 17.8. The molecule has 1 aromatic carbocycles. The van der Waals surface area contributed by atoms with Crippen molar-refractivity contribution in [1.29, 1.82) is 0 Å². The average molecular weight is 318 g/mol. The molecule has 2 unspecified atom stereocenters. The fraction of sp³-hybridized carbons (Fsp3) is 0.625. The Morgan fingerprint density at radius 1 is 1.25 bits per heavy atom. The van der Waals surface area contributed by atoms with Gasteiger partial charge in [0.1, 0.15) is 0 Å². The lowest BCUT2D eigenvalue weighted by Crippen LogP contribution is -2.45. The van der Waals surface area contributed by atoms with Gasteiger partial charge in [-0.15, -0.1) is 0 Å². The van der Waals surface area contributed by atoms with E-state index < -0.39 is 0 Å². The minimum atomic E-state index is 0.150. The zero-order chi connectivity index (χ0) is 15.1. The summed E-state index contributed by atoms with van der Waals surface area (Å²) in [5.74, 6) is 0.437. The van der Waals surface area contributed by atoms with Crippen LogP contribution in [0.2, 0.25) is 10.0 Å². The third kappa shape index (κ3) is 4.92. The molecule has 114 valence electrons. The highest BCUT2D eigenvalue weighted by Crippen LogP contribution is 2.27. The SMILES string of the molecule is CCCNC(Cc1cccc(Cl)c1Cl)C(OC)C(C)C. The number of hydrogen-bond acceptors (Lipinski definition) is 2. The summed E-state index contributed by atoms with van der Waals surface area (Å²) in [7, 11) is 1.77. The van der Waals surface area contributed by atoms with E-state index in [1.165, 1.54) is 0 Å². The summed E-state index contributed by atoms with van der Waals surface area (Å²) in [6.45, 7) is 7.48. The van der Waals surface area contributed by atoms with Crippen molar-refractivity contribution in [1.82, 2.24) is 5.32 Å². The van der Waals surface area contributed by atoms with Gasteiger partial charge in [0.2, 0.25) is 0 Å². The number of rotatable bonds is 8. The largest absolute Gasteiger partial charge is 0.380 e. The van der Waals surface area contributed by atoms with Crippen molar-refractivity contribution < 1.29 is 4.74 Å². The minimum Gasteiger partial charge on any atom is -0.380 e. The molecule has 0 aliphatic rings. The van der Waals surface area contributed by atoms with Crippen LogP contribution in [0.15, 0.2) is 18.2 Å². The highest BCUT2D eigenvalue weighted by Gasteiger charge is 2.25. The lowest BCUT2D eigenvalue weighted by Gasteiger charge is -2.30. The highest BCUT2D eigenvalue weighted by atomic mass is 35.5. The average Bonchev–Trinajstić information content (AvgIpc) is 2.41. The monoisotopic (exact) mass is 317 g/mol. The molecule has 0 radical (unpaired) electrons. The Labute approximate surface area is 132 Å². The molecule has 0 aromatic heterocycles. The van der Waals surface area contributed by atoms with E-state index in [1.807, 2.05) is 18.2 Å². The minimum absolute atomic E-state index is 0.150.